The van der Waals surface area contributed by atoms with Crippen molar-refractivity contribution in [2.45, 2.75) is 58.8 Å². The molecule has 2 aliphatic rings. The Hall–Kier alpha value is -2.21. The van der Waals surface area contributed by atoms with Crippen LogP contribution in [-0.4, -0.2) is 31.5 Å². The number of rotatable bonds is 4. The van der Waals surface area contributed by atoms with Gasteiger partial charge in [0.2, 0.25) is 5.91 Å². The van der Waals surface area contributed by atoms with Gasteiger partial charge in [0.1, 0.15) is 6.29 Å². The maximum Gasteiger partial charge on any atom is 0.266 e. The van der Waals surface area contributed by atoms with Gasteiger partial charge in [-0.1, -0.05) is 49.3 Å². The van der Waals surface area contributed by atoms with Crippen LogP contribution in [0.4, 0.5) is 0 Å². The molecule has 3 rings (SSSR count). The minimum atomic E-state index is -3.98. The Morgan fingerprint density at radius 2 is 1.74 bits per heavy atom. The summed E-state index contributed by atoms with van der Waals surface area (Å²) in [5, 5.41) is 0. The monoisotopic (exact) mass is 443 g/mol. The van der Waals surface area contributed by atoms with Crippen molar-refractivity contribution in [1.82, 2.24) is 4.31 Å². The summed E-state index contributed by atoms with van der Waals surface area (Å²) in [6.07, 6.45) is 6.32. The summed E-state index contributed by atoms with van der Waals surface area (Å²) in [4.78, 5) is 25.9. The topological polar surface area (TPSA) is 71.5 Å². The number of amides is 1. The zero-order valence-electron chi connectivity index (χ0n) is 19.1. The van der Waals surface area contributed by atoms with Gasteiger partial charge in [-0.05, 0) is 69.6 Å². The van der Waals surface area contributed by atoms with Crippen LogP contribution in [0.2, 0.25) is 0 Å². The summed E-state index contributed by atoms with van der Waals surface area (Å²) in [6, 6.07) is 6.65. The molecule has 6 heteroatoms. The van der Waals surface area contributed by atoms with E-state index in [1.165, 1.54) is 0 Å². The molecular formula is C25H33NO4S. The molecular weight excluding hydrogens is 410 g/mol. The Balaban J connectivity index is 2.18. The molecule has 0 saturated carbocycles. The van der Waals surface area contributed by atoms with Gasteiger partial charge in [0.25, 0.3) is 10.0 Å². The fraction of sp³-hybridized carbons (Fsp3) is 0.520. The Bertz CT molecular complexity index is 1020. The number of carbonyl (C=O) groups excluding carboxylic acids is 2. The van der Waals surface area contributed by atoms with Gasteiger partial charge in [-0.15, -0.1) is 0 Å². The van der Waals surface area contributed by atoms with Gasteiger partial charge in [0, 0.05) is 12.5 Å². The van der Waals surface area contributed by atoms with Crippen molar-refractivity contribution in [2.24, 2.45) is 23.2 Å². The molecule has 0 bridgehead atoms. The van der Waals surface area contributed by atoms with Crippen LogP contribution in [0.1, 0.15) is 52.5 Å². The largest absolute Gasteiger partial charge is 0.298 e. The van der Waals surface area contributed by atoms with Crippen LogP contribution in [0.5, 0.6) is 0 Å². The van der Waals surface area contributed by atoms with E-state index in [1.807, 2.05) is 39.8 Å². The van der Waals surface area contributed by atoms with Gasteiger partial charge in [-0.2, -0.15) is 0 Å². The van der Waals surface area contributed by atoms with Crippen molar-refractivity contribution in [3.8, 4) is 0 Å². The smallest absolute Gasteiger partial charge is 0.266 e. The predicted octanol–water partition coefficient (Wildman–Crippen LogP) is 4.68. The third kappa shape index (κ3) is 4.02. The van der Waals surface area contributed by atoms with Crippen LogP contribution in [0.3, 0.4) is 0 Å². The number of benzene rings is 1. The van der Waals surface area contributed by atoms with Crippen molar-refractivity contribution in [2.75, 3.05) is 6.54 Å². The van der Waals surface area contributed by atoms with E-state index in [1.54, 1.807) is 24.3 Å². The minimum absolute atomic E-state index is 0.0339. The summed E-state index contributed by atoms with van der Waals surface area (Å²) < 4.78 is 28.4. The van der Waals surface area contributed by atoms with Crippen molar-refractivity contribution in [3.05, 3.63) is 53.1 Å². The van der Waals surface area contributed by atoms with Gasteiger partial charge < -0.3 is 0 Å². The van der Waals surface area contributed by atoms with Crippen molar-refractivity contribution < 1.29 is 18.0 Å². The molecule has 0 radical (unpaired) electrons. The number of nitrogens with zero attached hydrogens (tertiary/aromatic N) is 1. The van der Waals surface area contributed by atoms with E-state index in [-0.39, 0.29) is 35.1 Å². The second-order valence-corrected chi connectivity index (χ2v) is 11.2. The van der Waals surface area contributed by atoms with Crippen molar-refractivity contribution in [1.29, 1.82) is 0 Å². The minimum Gasteiger partial charge on any atom is -0.298 e. The molecule has 168 valence electrons. The van der Waals surface area contributed by atoms with Gasteiger partial charge >= 0.3 is 0 Å². The first-order chi connectivity index (χ1) is 14.6. The molecule has 4 atom stereocenters. The van der Waals surface area contributed by atoms with Gasteiger partial charge in [0.05, 0.1) is 10.3 Å². The zero-order chi connectivity index (χ0) is 23.0. The molecule has 1 fully saturated rings. The lowest BCUT2D eigenvalue weighted by molar-refractivity contribution is -0.139. The third-order valence-corrected chi connectivity index (χ3v) is 9.07. The third-order valence-electron chi connectivity index (χ3n) is 7.31. The molecule has 5 nitrogen and oxygen atoms in total. The molecule has 1 aliphatic heterocycles. The summed E-state index contributed by atoms with van der Waals surface area (Å²) in [6.45, 7) is 9.98. The predicted molar refractivity (Wildman–Crippen MR) is 122 cm³/mol. The fourth-order valence-electron chi connectivity index (χ4n) is 5.15. The number of aryl methyl sites for hydroxylation is 1. The SMILES string of the molecule is C/C=C\[C@H]1C(C)=C(C=O)CC[C@@]12C[C@H](C)[C@@H](C)CN(S(=O)(=O)c1ccc(C)cc1)C2=O. The van der Waals surface area contributed by atoms with Crippen molar-refractivity contribution >= 4 is 22.2 Å². The van der Waals surface area contributed by atoms with Crippen LogP contribution in [-0.2, 0) is 19.6 Å². The van der Waals surface area contributed by atoms with Crippen LogP contribution < -0.4 is 0 Å². The first-order valence-electron chi connectivity index (χ1n) is 11.0. The summed E-state index contributed by atoms with van der Waals surface area (Å²) in [5.41, 5.74) is 1.69. The van der Waals surface area contributed by atoms with E-state index in [0.29, 0.717) is 19.3 Å². The second-order valence-electron chi connectivity index (χ2n) is 9.30. The highest BCUT2D eigenvalue weighted by Gasteiger charge is 2.54. The highest BCUT2D eigenvalue weighted by atomic mass is 32.2. The number of aldehydes is 1. The summed E-state index contributed by atoms with van der Waals surface area (Å²) in [7, 11) is -3.98. The van der Waals surface area contributed by atoms with Crippen LogP contribution in [0.25, 0.3) is 0 Å². The molecule has 1 saturated heterocycles. The Morgan fingerprint density at radius 3 is 2.32 bits per heavy atom. The molecule has 1 aromatic rings. The molecule has 1 spiro atoms. The number of sulfonamides is 1. The quantitative estimate of drug-likeness (QED) is 0.500. The normalized spacial score (nSPS) is 30.2. The van der Waals surface area contributed by atoms with E-state index in [2.05, 4.69) is 6.92 Å². The number of hydrogen-bond donors (Lipinski definition) is 0. The average molecular weight is 444 g/mol. The first-order valence-corrected chi connectivity index (χ1v) is 12.4. The molecule has 0 N–H and O–H groups in total. The Morgan fingerprint density at radius 1 is 1.10 bits per heavy atom. The fourth-order valence-corrected chi connectivity index (χ4v) is 6.71. The lowest BCUT2D eigenvalue weighted by atomic mass is 9.60. The first kappa shape index (κ1) is 23.5. The number of hydrogen-bond acceptors (Lipinski definition) is 4. The second kappa shape index (κ2) is 8.73. The Labute approximate surface area is 186 Å². The molecule has 1 aliphatic carbocycles. The van der Waals surface area contributed by atoms with E-state index >= 15 is 0 Å². The zero-order valence-corrected chi connectivity index (χ0v) is 19.9. The van der Waals surface area contributed by atoms with E-state index in [9.17, 15) is 18.0 Å². The molecule has 1 amide bonds. The Kier molecular flexibility index (Phi) is 6.61. The molecule has 1 aromatic carbocycles. The van der Waals surface area contributed by atoms with Crippen LogP contribution in [0, 0.1) is 30.1 Å². The van der Waals surface area contributed by atoms with E-state index in [0.717, 1.165) is 27.3 Å². The lowest BCUT2D eigenvalue weighted by Crippen LogP contribution is -2.50. The van der Waals surface area contributed by atoms with Gasteiger partial charge in [-0.3, -0.25) is 9.59 Å². The molecule has 0 unspecified atom stereocenters. The molecule has 31 heavy (non-hydrogen) atoms. The van der Waals surface area contributed by atoms with Crippen molar-refractivity contribution in [3.63, 3.8) is 0 Å². The lowest BCUT2D eigenvalue weighted by Gasteiger charge is -2.44. The molecule has 0 aromatic heterocycles. The maximum atomic E-state index is 14.1. The average Bonchev–Trinajstić information content (AvgIpc) is 2.82. The van der Waals surface area contributed by atoms with Gasteiger partial charge in [0.15, 0.2) is 0 Å². The summed E-state index contributed by atoms with van der Waals surface area (Å²) in [5.74, 6) is -0.425. The van der Waals surface area contributed by atoms with Crippen LogP contribution >= 0.6 is 0 Å². The highest BCUT2D eigenvalue weighted by molar-refractivity contribution is 7.89. The van der Waals surface area contributed by atoms with E-state index < -0.39 is 15.4 Å². The maximum absolute atomic E-state index is 14.1. The highest BCUT2D eigenvalue weighted by Crippen LogP contribution is 2.52. The van der Waals surface area contributed by atoms with E-state index in [4.69, 9.17) is 0 Å². The molecule has 1 heterocycles. The number of allylic oxidation sites excluding steroid dienone is 4. The standard InChI is InChI=1S/C25H33NO4S/c1-6-7-23-20(5)21(16-27)12-13-25(23)14-18(3)19(4)15-26(24(25)28)31(29,30)22-10-8-17(2)9-11-22/h6-11,16,18-19,23H,12-15H2,1-5H3/b7-6-/t18-,19-,23-,25+/m0/s1. The number of carbonyl (C=O) groups is 2. The van der Waals surface area contributed by atoms with Gasteiger partial charge in [-0.25, -0.2) is 12.7 Å². The van der Waals surface area contributed by atoms with Crippen LogP contribution in [0.15, 0.2) is 52.5 Å². The summed E-state index contributed by atoms with van der Waals surface area (Å²) >= 11 is 0.